The lowest BCUT2D eigenvalue weighted by Crippen LogP contribution is -2.51. The van der Waals surface area contributed by atoms with Gasteiger partial charge in [0.15, 0.2) is 0 Å². The molecule has 0 saturated carbocycles. The highest BCUT2D eigenvalue weighted by Gasteiger charge is 2.47. The number of benzene rings is 1. The molecule has 0 aliphatic carbocycles. The van der Waals surface area contributed by atoms with E-state index >= 15 is 0 Å². The highest BCUT2D eigenvalue weighted by atomic mass is 19.1. The third-order valence-electron chi connectivity index (χ3n) is 4.46. The first-order valence-electron chi connectivity index (χ1n) is 8.75. The van der Waals surface area contributed by atoms with E-state index in [1.54, 1.807) is 0 Å². The molecule has 1 saturated heterocycles. The predicted octanol–water partition coefficient (Wildman–Crippen LogP) is 1.82. The second-order valence-electron chi connectivity index (χ2n) is 6.57. The molecule has 27 heavy (non-hydrogen) atoms. The molecule has 0 bridgehead atoms. The first-order chi connectivity index (χ1) is 12.7. The maximum absolute atomic E-state index is 14.2. The lowest BCUT2D eigenvalue weighted by molar-refractivity contribution is -0.150. The summed E-state index contributed by atoms with van der Waals surface area (Å²) in [6.07, 6.45) is 0.664. The van der Waals surface area contributed by atoms with Gasteiger partial charge in [0.25, 0.3) is 0 Å². The van der Waals surface area contributed by atoms with Crippen molar-refractivity contribution >= 4 is 17.9 Å². The summed E-state index contributed by atoms with van der Waals surface area (Å²) in [5.74, 6) is -2.47. The number of likely N-dealkylation sites (tertiary alicyclic amines) is 1. The standard InChI is InChI=1S/C18H23F2N3O4/c1-2-3-14(15(24)23-9-8-18(20,11-23)16(25)26)22-17(27)21-10-12-4-6-13(19)7-5-12/h4-7,14H,2-3,8-11H2,1H3,(H,25,26)(H2,21,22,27). The van der Waals surface area contributed by atoms with Crippen molar-refractivity contribution < 1.29 is 28.3 Å². The topological polar surface area (TPSA) is 98.7 Å². The van der Waals surface area contributed by atoms with Crippen molar-refractivity contribution in [2.75, 3.05) is 13.1 Å². The van der Waals surface area contributed by atoms with E-state index in [1.807, 2.05) is 6.92 Å². The summed E-state index contributed by atoms with van der Waals surface area (Å²) >= 11 is 0. The fourth-order valence-electron chi connectivity index (χ4n) is 2.90. The van der Waals surface area contributed by atoms with Crippen LogP contribution < -0.4 is 10.6 Å². The number of aliphatic carboxylic acids is 1. The number of carbonyl (C=O) groups is 3. The summed E-state index contributed by atoms with van der Waals surface area (Å²) in [5, 5.41) is 14.1. The van der Waals surface area contributed by atoms with E-state index in [-0.39, 0.29) is 25.3 Å². The quantitative estimate of drug-likeness (QED) is 0.669. The highest BCUT2D eigenvalue weighted by Crippen LogP contribution is 2.26. The van der Waals surface area contributed by atoms with Gasteiger partial charge in [0.1, 0.15) is 11.9 Å². The molecule has 1 fully saturated rings. The van der Waals surface area contributed by atoms with Crippen LogP contribution in [0, 0.1) is 5.82 Å². The first-order valence-corrected chi connectivity index (χ1v) is 8.75. The van der Waals surface area contributed by atoms with Gasteiger partial charge in [-0.25, -0.2) is 18.4 Å². The van der Waals surface area contributed by atoms with Crippen molar-refractivity contribution in [3.05, 3.63) is 35.6 Å². The summed E-state index contributed by atoms with van der Waals surface area (Å²) < 4.78 is 27.1. The Morgan fingerprint density at radius 2 is 1.96 bits per heavy atom. The lowest BCUT2D eigenvalue weighted by Gasteiger charge is -2.24. The molecule has 3 amide bonds. The molecule has 9 heteroatoms. The van der Waals surface area contributed by atoms with Gasteiger partial charge in [-0.3, -0.25) is 4.79 Å². The lowest BCUT2D eigenvalue weighted by atomic mass is 10.1. The zero-order valence-corrected chi connectivity index (χ0v) is 15.0. The van der Waals surface area contributed by atoms with Gasteiger partial charge >= 0.3 is 12.0 Å². The van der Waals surface area contributed by atoms with Crippen LogP contribution in [-0.2, 0) is 16.1 Å². The molecule has 2 rings (SSSR count). The third kappa shape index (κ3) is 5.38. The molecule has 3 N–H and O–H groups in total. The Labute approximate surface area is 155 Å². The van der Waals surface area contributed by atoms with E-state index in [9.17, 15) is 23.2 Å². The average Bonchev–Trinajstić information content (AvgIpc) is 3.04. The summed E-state index contributed by atoms with van der Waals surface area (Å²) in [6.45, 7) is 1.44. The third-order valence-corrected chi connectivity index (χ3v) is 4.46. The number of hydrogen-bond acceptors (Lipinski definition) is 3. The minimum atomic E-state index is -2.45. The zero-order chi connectivity index (χ0) is 20.0. The number of carbonyl (C=O) groups excluding carboxylic acids is 2. The van der Waals surface area contributed by atoms with E-state index in [0.29, 0.717) is 18.4 Å². The van der Waals surface area contributed by atoms with Crippen LogP contribution in [0.25, 0.3) is 0 Å². The minimum Gasteiger partial charge on any atom is -0.479 e. The molecule has 2 atom stereocenters. The van der Waals surface area contributed by atoms with Crippen LogP contribution in [0.1, 0.15) is 31.7 Å². The minimum absolute atomic E-state index is 0.0132. The molecule has 1 aromatic carbocycles. The van der Waals surface area contributed by atoms with E-state index in [4.69, 9.17) is 5.11 Å². The number of amides is 3. The Kier molecular flexibility index (Phi) is 6.70. The second-order valence-corrected chi connectivity index (χ2v) is 6.57. The van der Waals surface area contributed by atoms with Gasteiger partial charge in [-0.2, -0.15) is 0 Å². The van der Waals surface area contributed by atoms with E-state index in [2.05, 4.69) is 10.6 Å². The zero-order valence-electron chi connectivity index (χ0n) is 15.0. The van der Waals surface area contributed by atoms with Crippen molar-refractivity contribution in [2.45, 2.75) is 44.4 Å². The summed E-state index contributed by atoms with van der Waals surface area (Å²) in [6, 6.07) is 4.14. The molecule has 7 nitrogen and oxygen atoms in total. The van der Waals surface area contributed by atoms with E-state index < -0.39 is 36.2 Å². The molecule has 0 aromatic heterocycles. The second kappa shape index (κ2) is 8.79. The van der Waals surface area contributed by atoms with Gasteiger partial charge < -0.3 is 20.6 Å². The molecule has 148 valence electrons. The Balaban J connectivity index is 1.92. The maximum atomic E-state index is 14.2. The van der Waals surface area contributed by atoms with Crippen molar-refractivity contribution in [3.8, 4) is 0 Å². The van der Waals surface area contributed by atoms with Gasteiger partial charge in [0, 0.05) is 19.5 Å². The summed E-state index contributed by atoms with van der Waals surface area (Å²) in [4.78, 5) is 36.8. The van der Waals surface area contributed by atoms with Crippen molar-refractivity contribution in [2.24, 2.45) is 0 Å². The molecule has 1 aliphatic heterocycles. The Bertz CT molecular complexity index is 698. The molecular formula is C18H23F2N3O4. The van der Waals surface area contributed by atoms with Gasteiger partial charge in [-0.1, -0.05) is 25.5 Å². The van der Waals surface area contributed by atoms with Crippen LogP contribution in [0.15, 0.2) is 24.3 Å². The van der Waals surface area contributed by atoms with Gasteiger partial charge in [-0.05, 0) is 24.1 Å². The number of alkyl halides is 1. The van der Waals surface area contributed by atoms with Crippen molar-refractivity contribution in [1.29, 1.82) is 0 Å². The number of urea groups is 1. The van der Waals surface area contributed by atoms with E-state index in [0.717, 1.165) is 4.90 Å². The number of carboxylic acids is 1. The van der Waals surface area contributed by atoms with Crippen LogP contribution in [0.2, 0.25) is 0 Å². The number of halogens is 2. The fourth-order valence-corrected chi connectivity index (χ4v) is 2.90. The molecule has 0 spiro atoms. The Morgan fingerprint density at radius 3 is 2.52 bits per heavy atom. The van der Waals surface area contributed by atoms with Gasteiger partial charge in [0.05, 0.1) is 6.54 Å². The number of nitrogens with zero attached hydrogens (tertiary/aromatic N) is 1. The van der Waals surface area contributed by atoms with Gasteiger partial charge in [0.2, 0.25) is 11.6 Å². The van der Waals surface area contributed by atoms with Crippen LogP contribution in [0.3, 0.4) is 0 Å². The smallest absolute Gasteiger partial charge is 0.343 e. The molecule has 1 heterocycles. The predicted molar refractivity (Wildman–Crippen MR) is 93.1 cm³/mol. The monoisotopic (exact) mass is 383 g/mol. The number of rotatable bonds is 7. The van der Waals surface area contributed by atoms with Crippen LogP contribution in [-0.4, -0.2) is 52.7 Å². The summed E-state index contributed by atoms with van der Waals surface area (Å²) in [7, 11) is 0. The van der Waals surface area contributed by atoms with Crippen LogP contribution in [0.5, 0.6) is 0 Å². The number of hydrogen-bond donors (Lipinski definition) is 3. The number of nitrogens with one attached hydrogen (secondary N) is 2. The Morgan fingerprint density at radius 1 is 1.30 bits per heavy atom. The van der Waals surface area contributed by atoms with Crippen molar-refractivity contribution in [1.82, 2.24) is 15.5 Å². The number of carboxylic acid groups (broad SMARTS) is 1. The van der Waals surface area contributed by atoms with E-state index in [1.165, 1.54) is 24.3 Å². The first kappa shape index (κ1) is 20.6. The molecule has 2 unspecified atom stereocenters. The average molecular weight is 383 g/mol. The SMILES string of the molecule is CCCC(NC(=O)NCc1ccc(F)cc1)C(=O)N1CCC(F)(C(=O)O)C1. The molecule has 1 aliphatic rings. The largest absolute Gasteiger partial charge is 0.479 e. The van der Waals surface area contributed by atoms with Crippen molar-refractivity contribution in [3.63, 3.8) is 0 Å². The fraction of sp³-hybridized carbons (Fsp3) is 0.500. The van der Waals surface area contributed by atoms with Crippen LogP contribution >= 0.6 is 0 Å². The van der Waals surface area contributed by atoms with Crippen LogP contribution in [0.4, 0.5) is 13.6 Å². The van der Waals surface area contributed by atoms with Gasteiger partial charge in [-0.15, -0.1) is 0 Å². The molecule has 1 aromatic rings. The summed E-state index contributed by atoms with van der Waals surface area (Å²) in [5.41, 5.74) is -1.76. The normalized spacial score (nSPS) is 20.2. The maximum Gasteiger partial charge on any atom is 0.343 e. The molecular weight excluding hydrogens is 360 g/mol. The molecule has 0 radical (unpaired) electrons. The Hall–Kier alpha value is -2.71. The highest BCUT2D eigenvalue weighted by molar-refractivity contribution is 5.88.